The zero-order valence-electron chi connectivity index (χ0n) is 11.2. The fourth-order valence-electron chi connectivity index (χ4n) is 2.74. The summed E-state index contributed by atoms with van der Waals surface area (Å²) in [6, 6.07) is 9.66. The number of hydrogen-bond acceptors (Lipinski definition) is 2. The lowest BCUT2D eigenvalue weighted by molar-refractivity contribution is 0.551. The highest BCUT2D eigenvalue weighted by Crippen LogP contribution is 2.38. The second kappa shape index (κ2) is 4.52. The first-order valence-corrected chi connectivity index (χ1v) is 7.40. The molecule has 0 saturated carbocycles. The first-order chi connectivity index (χ1) is 8.65. The fraction of sp³-hybridized carbons (Fsp3) is 0.375. The fourth-order valence-corrected chi connectivity index (χ4v) is 4.07. The van der Waals surface area contributed by atoms with Gasteiger partial charge in [-0.05, 0) is 56.5 Å². The molecule has 2 heteroatoms. The van der Waals surface area contributed by atoms with Crippen LogP contribution < -0.4 is 5.32 Å². The summed E-state index contributed by atoms with van der Waals surface area (Å²) in [6.07, 6.45) is 1.17. The third kappa shape index (κ3) is 2.00. The van der Waals surface area contributed by atoms with Crippen molar-refractivity contribution in [3.05, 3.63) is 45.8 Å². The molecule has 0 spiro atoms. The number of fused-ring (bicyclic) bond motifs is 1. The van der Waals surface area contributed by atoms with Gasteiger partial charge in [-0.15, -0.1) is 11.3 Å². The van der Waals surface area contributed by atoms with Crippen LogP contribution in [0.15, 0.2) is 24.3 Å². The molecule has 3 rings (SSSR count). The van der Waals surface area contributed by atoms with E-state index in [2.05, 4.69) is 50.4 Å². The molecule has 0 fully saturated rings. The van der Waals surface area contributed by atoms with Crippen molar-refractivity contribution in [2.75, 3.05) is 6.54 Å². The Hall–Kier alpha value is -1.12. The number of benzene rings is 1. The van der Waals surface area contributed by atoms with Gasteiger partial charge in [0.1, 0.15) is 0 Å². The minimum Gasteiger partial charge on any atom is -0.309 e. The summed E-state index contributed by atoms with van der Waals surface area (Å²) < 4.78 is 0. The number of nitrogens with one attached hydrogen (secondary N) is 1. The van der Waals surface area contributed by atoms with Crippen molar-refractivity contribution in [2.24, 2.45) is 0 Å². The summed E-state index contributed by atoms with van der Waals surface area (Å²) >= 11 is 1.95. The molecule has 2 aromatic rings. The van der Waals surface area contributed by atoms with Crippen LogP contribution in [0.5, 0.6) is 0 Å². The Balaban J connectivity index is 2.07. The maximum absolute atomic E-state index is 3.54. The van der Waals surface area contributed by atoms with Crippen LogP contribution >= 0.6 is 11.3 Å². The lowest BCUT2D eigenvalue weighted by atomic mass is 10.0. The Morgan fingerprint density at radius 2 is 2.06 bits per heavy atom. The van der Waals surface area contributed by atoms with Crippen LogP contribution in [-0.2, 0) is 6.42 Å². The van der Waals surface area contributed by atoms with Gasteiger partial charge in [-0.1, -0.05) is 23.8 Å². The smallest absolute Gasteiger partial charge is 0.0389 e. The molecule has 94 valence electrons. The van der Waals surface area contributed by atoms with Gasteiger partial charge < -0.3 is 5.32 Å². The second-order valence-corrected chi connectivity index (χ2v) is 6.33. The van der Waals surface area contributed by atoms with Crippen molar-refractivity contribution >= 4 is 11.3 Å². The molecule has 1 N–H and O–H groups in total. The summed E-state index contributed by atoms with van der Waals surface area (Å²) in [4.78, 5) is 2.95. The van der Waals surface area contributed by atoms with Gasteiger partial charge >= 0.3 is 0 Å². The SMILES string of the molecule is Cc1ccc(-c2cc3c(s2)C(C)NCC3)c(C)c1. The van der Waals surface area contributed by atoms with Gasteiger partial charge in [0.25, 0.3) is 0 Å². The summed E-state index contributed by atoms with van der Waals surface area (Å²) in [5, 5.41) is 3.54. The van der Waals surface area contributed by atoms with Crippen molar-refractivity contribution in [1.29, 1.82) is 0 Å². The molecule has 1 aromatic carbocycles. The molecule has 0 saturated heterocycles. The van der Waals surface area contributed by atoms with Crippen LogP contribution in [0.25, 0.3) is 10.4 Å². The van der Waals surface area contributed by atoms with Crippen LogP contribution in [0.2, 0.25) is 0 Å². The standard InChI is InChI=1S/C16H19NS/c1-10-4-5-14(11(2)8-10)15-9-13-6-7-17-12(3)16(13)18-15/h4-5,8-9,12,17H,6-7H2,1-3H3. The van der Waals surface area contributed by atoms with Crippen molar-refractivity contribution in [3.8, 4) is 10.4 Å². The van der Waals surface area contributed by atoms with Crippen LogP contribution in [0.3, 0.4) is 0 Å². The van der Waals surface area contributed by atoms with Gasteiger partial charge in [-0.2, -0.15) is 0 Å². The van der Waals surface area contributed by atoms with Gasteiger partial charge in [0.15, 0.2) is 0 Å². The number of hydrogen-bond donors (Lipinski definition) is 1. The normalized spacial score (nSPS) is 18.7. The van der Waals surface area contributed by atoms with Crippen LogP contribution in [0.1, 0.15) is 34.5 Å². The second-order valence-electron chi connectivity index (χ2n) is 5.24. The summed E-state index contributed by atoms with van der Waals surface area (Å²) in [5.41, 5.74) is 5.66. The Kier molecular flexibility index (Phi) is 3.00. The monoisotopic (exact) mass is 257 g/mol. The molecular formula is C16H19NS. The third-order valence-corrected chi connectivity index (χ3v) is 5.12. The molecule has 0 amide bonds. The van der Waals surface area contributed by atoms with Gasteiger partial charge in [-0.25, -0.2) is 0 Å². The number of thiophene rings is 1. The van der Waals surface area contributed by atoms with Gasteiger partial charge in [0.05, 0.1) is 0 Å². The first kappa shape index (κ1) is 11.9. The van der Waals surface area contributed by atoms with E-state index in [-0.39, 0.29) is 0 Å². The Morgan fingerprint density at radius 3 is 2.78 bits per heavy atom. The molecule has 1 aliphatic rings. The molecule has 0 radical (unpaired) electrons. The lowest BCUT2D eigenvalue weighted by Gasteiger charge is -2.19. The molecule has 1 aromatic heterocycles. The van der Waals surface area contributed by atoms with Gasteiger partial charge in [0, 0.05) is 15.8 Å². The van der Waals surface area contributed by atoms with E-state index < -0.39 is 0 Å². The molecule has 1 nitrogen and oxygen atoms in total. The van der Waals surface area contributed by atoms with Crippen molar-refractivity contribution in [1.82, 2.24) is 5.32 Å². The van der Waals surface area contributed by atoms with E-state index in [9.17, 15) is 0 Å². The van der Waals surface area contributed by atoms with Crippen molar-refractivity contribution in [3.63, 3.8) is 0 Å². The predicted octanol–water partition coefficient (Wildman–Crippen LogP) is 4.24. The van der Waals surface area contributed by atoms with E-state index >= 15 is 0 Å². The average Bonchev–Trinajstić information content (AvgIpc) is 2.74. The number of rotatable bonds is 1. The average molecular weight is 257 g/mol. The quantitative estimate of drug-likeness (QED) is 0.806. The maximum Gasteiger partial charge on any atom is 0.0389 e. The maximum atomic E-state index is 3.54. The molecular weight excluding hydrogens is 238 g/mol. The molecule has 1 aliphatic heterocycles. The first-order valence-electron chi connectivity index (χ1n) is 6.59. The highest BCUT2D eigenvalue weighted by Gasteiger charge is 2.19. The molecule has 1 atom stereocenters. The van der Waals surface area contributed by atoms with Crippen LogP contribution in [0, 0.1) is 13.8 Å². The molecule has 0 aliphatic carbocycles. The van der Waals surface area contributed by atoms with E-state index in [1.54, 1.807) is 5.56 Å². The summed E-state index contributed by atoms with van der Waals surface area (Å²) in [5.74, 6) is 0. The topological polar surface area (TPSA) is 12.0 Å². The van der Waals surface area contributed by atoms with Crippen LogP contribution in [0.4, 0.5) is 0 Å². The van der Waals surface area contributed by atoms with Gasteiger partial charge in [-0.3, -0.25) is 0 Å². The van der Waals surface area contributed by atoms with E-state index in [1.807, 2.05) is 11.3 Å². The Labute approximate surface area is 113 Å². The van der Waals surface area contributed by atoms with Crippen LogP contribution in [-0.4, -0.2) is 6.54 Å². The highest BCUT2D eigenvalue weighted by atomic mass is 32.1. The van der Waals surface area contributed by atoms with Crippen molar-refractivity contribution in [2.45, 2.75) is 33.2 Å². The van der Waals surface area contributed by atoms with E-state index in [0.29, 0.717) is 6.04 Å². The van der Waals surface area contributed by atoms with E-state index in [4.69, 9.17) is 0 Å². The zero-order chi connectivity index (χ0) is 12.7. The summed E-state index contributed by atoms with van der Waals surface area (Å²) in [7, 11) is 0. The summed E-state index contributed by atoms with van der Waals surface area (Å²) in [6.45, 7) is 7.74. The van der Waals surface area contributed by atoms with Gasteiger partial charge in [0.2, 0.25) is 0 Å². The molecule has 18 heavy (non-hydrogen) atoms. The molecule has 2 heterocycles. The highest BCUT2D eigenvalue weighted by molar-refractivity contribution is 7.15. The number of aryl methyl sites for hydroxylation is 2. The Morgan fingerprint density at radius 1 is 1.22 bits per heavy atom. The lowest BCUT2D eigenvalue weighted by Crippen LogP contribution is -2.26. The Bertz CT molecular complexity index is 583. The molecule has 1 unspecified atom stereocenters. The van der Waals surface area contributed by atoms with E-state index in [1.165, 1.54) is 32.9 Å². The largest absolute Gasteiger partial charge is 0.309 e. The minimum absolute atomic E-state index is 0.512. The minimum atomic E-state index is 0.512. The zero-order valence-corrected chi connectivity index (χ0v) is 12.0. The van der Waals surface area contributed by atoms with E-state index in [0.717, 1.165) is 6.54 Å². The molecule has 0 bridgehead atoms. The predicted molar refractivity (Wildman–Crippen MR) is 79.4 cm³/mol. The van der Waals surface area contributed by atoms with Crippen molar-refractivity contribution < 1.29 is 0 Å². The third-order valence-electron chi connectivity index (χ3n) is 3.73.